The maximum Gasteiger partial charge on any atom is 0.347 e. The van der Waals surface area contributed by atoms with Crippen LogP contribution in [0.1, 0.15) is 35.3 Å². The Bertz CT molecular complexity index is 919. The molecule has 25 heavy (non-hydrogen) atoms. The van der Waals surface area contributed by atoms with Gasteiger partial charge in [-0.05, 0) is 62.1 Å². The van der Waals surface area contributed by atoms with E-state index in [0.29, 0.717) is 12.2 Å². The number of halogens is 1. The summed E-state index contributed by atoms with van der Waals surface area (Å²) in [4.78, 5) is 23.4. The van der Waals surface area contributed by atoms with Crippen LogP contribution in [-0.2, 0) is 11.2 Å². The standard InChI is InChI=1S/C19H20ClNO4/c1-19(2,18(23)24)25-16-9-3-13(4-10-16)11-12-21-17(22)14-5-7-15(20)8-6-14/h3-10H,11-12H2,1-2H3,(H,21,22)(H,23,24)/i5D,6D,7D,8D. The number of benzene rings is 2. The Labute approximate surface area is 157 Å². The van der Waals surface area contributed by atoms with Crippen molar-refractivity contribution in [3.63, 3.8) is 0 Å². The Morgan fingerprint density at radius 2 is 1.80 bits per heavy atom. The fraction of sp³-hybridized carbons (Fsp3) is 0.263. The van der Waals surface area contributed by atoms with Crippen molar-refractivity contribution in [3.05, 3.63) is 64.6 Å². The lowest BCUT2D eigenvalue weighted by atomic mass is 10.1. The number of carboxylic acids is 1. The second-order valence-electron chi connectivity index (χ2n) is 5.76. The Kier molecular flexibility index (Phi) is 4.41. The molecule has 0 heterocycles. The van der Waals surface area contributed by atoms with Crippen molar-refractivity contribution < 1.29 is 24.9 Å². The van der Waals surface area contributed by atoms with Crippen LogP contribution in [-0.4, -0.2) is 29.1 Å². The van der Waals surface area contributed by atoms with E-state index in [-0.39, 0.29) is 17.1 Å². The van der Waals surface area contributed by atoms with E-state index in [1.54, 1.807) is 24.3 Å². The summed E-state index contributed by atoms with van der Waals surface area (Å²) in [6.07, 6.45) is 0.435. The molecule has 0 radical (unpaired) electrons. The molecule has 0 saturated carbocycles. The number of carboxylic acid groups (broad SMARTS) is 1. The molecule has 6 heteroatoms. The molecule has 0 aliphatic heterocycles. The van der Waals surface area contributed by atoms with Crippen molar-refractivity contribution >= 4 is 23.5 Å². The van der Waals surface area contributed by atoms with E-state index >= 15 is 0 Å². The molecule has 2 rings (SSSR count). The topological polar surface area (TPSA) is 75.6 Å². The highest BCUT2D eigenvalue weighted by Gasteiger charge is 2.29. The molecule has 0 unspecified atom stereocenters. The highest BCUT2D eigenvalue weighted by atomic mass is 35.5. The number of carbonyl (C=O) groups excluding carboxylic acids is 1. The van der Waals surface area contributed by atoms with E-state index < -0.39 is 41.6 Å². The molecule has 0 aliphatic carbocycles. The Morgan fingerprint density at radius 1 is 1.20 bits per heavy atom. The lowest BCUT2D eigenvalue weighted by molar-refractivity contribution is -0.152. The third-order valence-electron chi connectivity index (χ3n) is 3.33. The Hall–Kier alpha value is -2.53. The zero-order valence-corrected chi connectivity index (χ0v) is 14.5. The van der Waals surface area contributed by atoms with Gasteiger partial charge >= 0.3 is 5.97 Å². The van der Waals surface area contributed by atoms with Gasteiger partial charge in [-0.1, -0.05) is 23.7 Å². The summed E-state index contributed by atoms with van der Waals surface area (Å²) < 4.78 is 36.5. The van der Waals surface area contributed by atoms with Gasteiger partial charge in [0.25, 0.3) is 5.91 Å². The Balaban J connectivity index is 2.01. The largest absolute Gasteiger partial charge is 0.478 e. The van der Waals surface area contributed by atoms with Gasteiger partial charge in [-0.2, -0.15) is 0 Å². The summed E-state index contributed by atoms with van der Waals surface area (Å²) in [5.74, 6) is -1.41. The van der Waals surface area contributed by atoms with Crippen LogP contribution in [0.3, 0.4) is 0 Å². The highest BCUT2D eigenvalue weighted by Crippen LogP contribution is 2.19. The van der Waals surface area contributed by atoms with Gasteiger partial charge in [-0.3, -0.25) is 4.79 Å². The van der Waals surface area contributed by atoms with Crippen LogP contribution in [0.25, 0.3) is 0 Å². The molecule has 0 aliphatic rings. The molecule has 2 aromatic rings. The van der Waals surface area contributed by atoms with E-state index in [0.717, 1.165) is 5.56 Å². The third-order valence-corrected chi connectivity index (χ3v) is 3.52. The van der Waals surface area contributed by atoms with Gasteiger partial charge in [0.05, 0.1) is 5.48 Å². The number of hydrogen-bond acceptors (Lipinski definition) is 3. The SMILES string of the molecule is [2H]c1c([2H])c(C(=O)NCCc2ccc(OC(C)(C)C(=O)O)cc2)c([2H])c([2H])c1Cl. The minimum atomic E-state index is -1.36. The maximum absolute atomic E-state index is 12.3. The first-order valence-corrected chi connectivity index (χ1v) is 7.89. The number of hydrogen-bond donors (Lipinski definition) is 2. The minimum Gasteiger partial charge on any atom is -0.478 e. The predicted molar refractivity (Wildman–Crippen MR) is 96.3 cm³/mol. The summed E-state index contributed by atoms with van der Waals surface area (Å²) >= 11 is 5.73. The first-order valence-electron chi connectivity index (χ1n) is 9.51. The van der Waals surface area contributed by atoms with Crippen molar-refractivity contribution in [3.8, 4) is 5.75 Å². The van der Waals surface area contributed by atoms with Gasteiger partial charge in [0, 0.05) is 17.1 Å². The van der Waals surface area contributed by atoms with Crippen molar-refractivity contribution in [1.82, 2.24) is 5.32 Å². The molecule has 1 amide bonds. The molecular weight excluding hydrogens is 342 g/mol. The smallest absolute Gasteiger partial charge is 0.347 e. The van der Waals surface area contributed by atoms with Gasteiger partial charge in [0.1, 0.15) is 5.75 Å². The fourth-order valence-electron chi connectivity index (χ4n) is 1.88. The van der Waals surface area contributed by atoms with Crippen molar-refractivity contribution in [2.24, 2.45) is 0 Å². The molecule has 0 atom stereocenters. The summed E-state index contributed by atoms with van der Waals surface area (Å²) in [5, 5.41) is 11.3. The zero-order valence-electron chi connectivity index (χ0n) is 17.8. The summed E-state index contributed by atoms with van der Waals surface area (Å²) in [6, 6.07) is 4.82. The van der Waals surface area contributed by atoms with Crippen LogP contribution in [0, 0.1) is 0 Å². The monoisotopic (exact) mass is 365 g/mol. The van der Waals surface area contributed by atoms with Crippen LogP contribution in [0.15, 0.2) is 48.4 Å². The van der Waals surface area contributed by atoms with Crippen LogP contribution in [0.5, 0.6) is 5.75 Å². The lowest BCUT2D eigenvalue weighted by Gasteiger charge is -2.21. The average Bonchev–Trinajstić information content (AvgIpc) is 2.66. The molecule has 2 aromatic carbocycles. The fourth-order valence-corrected chi connectivity index (χ4v) is 1.98. The van der Waals surface area contributed by atoms with E-state index in [4.69, 9.17) is 26.9 Å². The molecule has 0 aromatic heterocycles. The first kappa shape index (κ1) is 13.7. The van der Waals surface area contributed by atoms with E-state index in [1.165, 1.54) is 13.8 Å². The van der Waals surface area contributed by atoms with Crippen LogP contribution in [0.4, 0.5) is 0 Å². The van der Waals surface area contributed by atoms with E-state index in [9.17, 15) is 9.59 Å². The average molecular weight is 366 g/mol. The number of rotatable bonds is 7. The first-order chi connectivity index (χ1) is 13.5. The second-order valence-corrected chi connectivity index (χ2v) is 6.13. The van der Waals surface area contributed by atoms with Gasteiger partial charge < -0.3 is 15.2 Å². The normalized spacial score (nSPS) is 13.2. The Morgan fingerprint density at radius 3 is 2.36 bits per heavy atom. The van der Waals surface area contributed by atoms with Gasteiger partial charge in [0.2, 0.25) is 0 Å². The molecule has 132 valence electrons. The molecule has 0 spiro atoms. The summed E-state index contributed by atoms with van der Waals surface area (Å²) in [5.41, 5.74) is -0.867. The predicted octanol–water partition coefficient (Wildman–Crippen LogP) is 3.55. The van der Waals surface area contributed by atoms with Crippen LogP contribution >= 0.6 is 11.6 Å². The molecule has 2 N–H and O–H groups in total. The quantitative estimate of drug-likeness (QED) is 0.786. The number of ether oxygens (including phenoxy) is 1. The highest BCUT2D eigenvalue weighted by molar-refractivity contribution is 6.30. The van der Waals surface area contributed by atoms with Crippen LogP contribution in [0.2, 0.25) is 5.02 Å². The molecule has 0 bridgehead atoms. The van der Waals surface area contributed by atoms with E-state index in [2.05, 4.69) is 5.32 Å². The molecule has 5 nitrogen and oxygen atoms in total. The number of carbonyl (C=O) groups is 2. The van der Waals surface area contributed by atoms with Gasteiger partial charge in [-0.15, -0.1) is 0 Å². The summed E-state index contributed by atoms with van der Waals surface area (Å²) in [6.45, 7) is 3.09. The van der Waals surface area contributed by atoms with Gasteiger partial charge in [-0.25, -0.2) is 4.79 Å². The molecule has 0 saturated heterocycles. The van der Waals surface area contributed by atoms with E-state index in [1.807, 2.05) is 0 Å². The minimum absolute atomic E-state index is 0.196. The van der Waals surface area contributed by atoms with Gasteiger partial charge in [0.15, 0.2) is 5.60 Å². The molecule has 0 fully saturated rings. The lowest BCUT2D eigenvalue weighted by Crippen LogP contribution is -2.37. The molecular formula is C19H20ClNO4. The second kappa shape index (κ2) is 8.03. The van der Waals surface area contributed by atoms with Crippen LogP contribution < -0.4 is 10.1 Å². The zero-order chi connectivity index (χ0) is 21.9. The summed E-state index contributed by atoms with van der Waals surface area (Å²) in [7, 11) is 0. The number of aliphatic carboxylic acids is 1. The number of nitrogens with one attached hydrogen (secondary N) is 1. The maximum atomic E-state index is 12.3. The van der Waals surface area contributed by atoms with Crippen molar-refractivity contribution in [2.75, 3.05) is 6.54 Å². The third kappa shape index (κ3) is 5.50. The number of amides is 1. The van der Waals surface area contributed by atoms with Crippen molar-refractivity contribution in [1.29, 1.82) is 0 Å². The van der Waals surface area contributed by atoms with Crippen molar-refractivity contribution in [2.45, 2.75) is 25.9 Å².